The minimum Gasteiger partial charge on any atom is -0.364 e. The molecule has 2 heterocycles. The normalized spacial score (nSPS) is 10.2. The fourth-order valence-electron chi connectivity index (χ4n) is 1.38. The van der Waals surface area contributed by atoms with Crippen LogP contribution in [0.5, 0.6) is 0 Å². The van der Waals surface area contributed by atoms with Crippen LogP contribution in [0.3, 0.4) is 0 Å². The number of rotatable bonds is 4. The van der Waals surface area contributed by atoms with E-state index in [0.717, 1.165) is 11.0 Å². The zero-order valence-electron chi connectivity index (χ0n) is 9.35. The number of carbonyl (C=O) groups excluding carboxylic acids is 1. The quantitative estimate of drug-likeness (QED) is 0.357. The third-order valence-corrected chi connectivity index (χ3v) is 2.18. The number of nitro groups is 1. The highest BCUT2D eigenvalue weighted by Crippen LogP contribution is 2.26. The van der Waals surface area contributed by atoms with Crippen LogP contribution in [0.15, 0.2) is 18.6 Å². The van der Waals surface area contributed by atoms with Crippen molar-refractivity contribution in [2.75, 3.05) is 5.43 Å². The van der Waals surface area contributed by atoms with Crippen LogP contribution in [0.1, 0.15) is 10.5 Å². The minimum absolute atomic E-state index is 0.0461. The number of hydrazine groups is 1. The van der Waals surface area contributed by atoms with Gasteiger partial charge in [0, 0.05) is 6.20 Å². The van der Waals surface area contributed by atoms with Crippen molar-refractivity contribution in [1.82, 2.24) is 19.7 Å². The Kier molecular flexibility index (Phi) is 3.03. The molecule has 0 fully saturated rings. The number of nitrogens with zero attached hydrogens (tertiary/aromatic N) is 5. The van der Waals surface area contributed by atoms with Crippen LogP contribution in [0, 0.1) is 10.1 Å². The Labute approximate surface area is 105 Å². The molecule has 0 aromatic carbocycles. The third-order valence-electron chi connectivity index (χ3n) is 2.18. The predicted molar refractivity (Wildman–Crippen MR) is 62.1 cm³/mol. The van der Waals surface area contributed by atoms with E-state index in [4.69, 9.17) is 11.6 Å². The molecule has 0 aliphatic rings. The summed E-state index contributed by atoms with van der Waals surface area (Å²) < 4.78 is 1.04. The van der Waals surface area contributed by atoms with E-state index in [2.05, 4.69) is 20.5 Å². The van der Waals surface area contributed by atoms with Gasteiger partial charge in [0.05, 0.1) is 4.92 Å². The summed E-state index contributed by atoms with van der Waals surface area (Å²) in [5.41, 5.74) is 6.62. The second kappa shape index (κ2) is 4.66. The molecule has 2 rings (SSSR count). The highest BCUT2D eigenvalue weighted by atomic mass is 16.6. The number of amides is 1. The molecule has 1 amide bonds. The van der Waals surface area contributed by atoms with Crippen LogP contribution in [0.25, 0.3) is 5.82 Å². The molecule has 19 heavy (non-hydrogen) atoms. The van der Waals surface area contributed by atoms with Crippen molar-refractivity contribution in [2.24, 2.45) is 11.6 Å². The Morgan fingerprint density at radius 1 is 1.47 bits per heavy atom. The lowest BCUT2D eigenvalue weighted by molar-refractivity contribution is -0.384. The lowest BCUT2D eigenvalue weighted by Crippen LogP contribution is -2.15. The first-order valence-corrected chi connectivity index (χ1v) is 4.86. The maximum Gasteiger partial charge on any atom is 0.356 e. The second-order valence-electron chi connectivity index (χ2n) is 3.31. The van der Waals surface area contributed by atoms with Crippen molar-refractivity contribution in [3.63, 3.8) is 0 Å². The Morgan fingerprint density at radius 3 is 2.74 bits per heavy atom. The van der Waals surface area contributed by atoms with Crippen molar-refractivity contribution in [3.8, 4) is 5.82 Å². The molecule has 0 radical (unpaired) electrons. The summed E-state index contributed by atoms with van der Waals surface area (Å²) in [5, 5.41) is 14.8. The number of aromatic nitrogens is 4. The molecule has 98 valence electrons. The summed E-state index contributed by atoms with van der Waals surface area (Å²) >= 11 is 0. The average Bonchev–Trinajstić information content (AvgIpc) is 2.87. The summed E-state index contributed by atoms with van der Waals surface area (Å²) in [5.74, 6) is 4.07. The molecule has 0 bridgehead atoms. The predicted octanol–water partition coefficient (Wildman–Crippen LogP) is -1.05. The molecule has 0 atom stereocenters. The number of anilines is 1. The van der Waals surface area contributed by atoms with E-state index in [0.29, 0.717) is 0 Å². The molecule has 0 unspecified atom stereocenters. The first-order valence-electron chi connectivity index (χ1n) is 4.86. The van der Waals surface area contributed by atoms with Crippen LogP contribution in [-0.4, -0.2) is 30.6 Å². The van der Waals surface area contributed by atoms with Gasteiger partial charge in [0.15, 0.2) is 0 Å². The monoisotopic (exact) mass is 264 g/mol. The molecule has 2 aromatic rings. The standard InChI is InChI=1S/C8H8N8O3/c9-6(17)4-1-2-15(14-4)8-5(16(18)19)7(13-10)11-3-12-8/h1-3H,10H2,(H2,9,17)(H,11,12,13). The van der Waals surface area contributed by atoms with Gasteiger partial charge >= 0.3 is 5.69 Å². The zero-order valence-corrected chi connectivity index (χ0v) is 9.35. The first-order chi connectivity index (χ1) is 9.04. The van der Waals surface area contributed by atoms with Crippen molar-refractivity contribution in [1.29, 1.82) is 0 Å². The van der Waals surface area contributed by atoms with E-state index in [9.17, 15) is 14.9 Å². The molecular weight excluding hydrogens is 256 g/mol. The van der Waals surface area contributed by atoms with Crippen LogP contribution < -0.4 is 17.0 Å². The Morgan fingerprint density at radius 2 is 2.21 bits per heavy atom. The molecule has 5 N–H and O–H groups in total. The fourth-order valence-corrected chi connectivity index (χ4v) is 1.38. The largest absolute Gasteiger partial charge is 0.364 e. The number of primary amides is 1. The van der Waals surface area contributed by atoms with Crippen LogP contribution >= 0.6 is 0 Å². The van der Waals surface area contributed by atoms with Crippen LogP contribution in [0.4, 0.5) is 11.5 Å². The third kappa shape index (κ3) is 2.16. The molecule has 0 saturated carbocycles. The lowest BCUT2D eigenvalue weighted by atomic mass is 10.4. The van der Waals surface area contributed by atoms with Gasteiger partial charge in [-0.05, 0) is 6.07 Å². The van der Waals surface area contributed by atoms with Gasteiger partial charge < -0.3 is 11.2 Å². The molecule has 0 saturated heterocycles. The van der Waals surface area contributed by atoms with Crippen molar-refractivity contribution in [3.05, 3.63) is 34.4 Å². The second-order valence-corrected chi connectivity index (χ2v) is 3.31. The molecule has 0 aliphatic carbocycles. The smallest absolute Gasteiger partial charge is 0.356 e. The first kappa shape index (κ1) is 12.4. The van der Waals surface area contributed by atoms with Gasteiger partial charge in [0.25, 0.3) is 5.91 Å². The van der Waals surface area contributed by atoms with Crippen molar-refractivity contribution in [2.45, 2.75) is 0 Å². The molecule has 11 heteroatoms. The number of hydrogen-bond acceptors (Lipinski definition) is 8. The highest BCUT2D eigenvalue weighted by Gasteiger charge is 2.24. The van der Waals surface area contributed by atoms with Crippen LogP contribution in [-0.2, 0) is 0 Å². The maximum atomic E-state index is 11.0. The van der Waals surface area contributed by atoms with E-state index in [1.807, 2.05) is 0 Å². The highest BCUT2D eigenvalue weighted by molar-refractivity contribution is 5.90. The molecule has 0 aliphatic heterocycles. The van der Waals surface area contributed by atoms with Gasteiger partial charge in [0.2, 0.25) is 11.6 Å². The van der Waals surface area contributed by atoms with Crippen LogP contribution in [0.2, 0.25) is 0 Å². The fraction of sp³-hybridized carbons (Fsp3) is 0. The number of hydrogen-bond donors (Lipinski definition) is 3. The SMILES string of the molecule is NNc1ncnc(-n2ccc(C(N)=O)n2)c1[N+](=O)[O-]. The maximum absolute atomic E-state index is 11.0. The van der Waals surface area contributed by atoms with Gasteiger partial charge in [-0.3, -0.25) is 14.9 Å². The Hall–Kier alpha value is -3.08. The van der Waals surface area contributed by atoms with Gasteiger partial charge in [-0.1, -0.05) is 0 Å². The Balaban J connectivity index is 2.60. The summed E-state index contributed by atoms with van der Waals surface area (Å²) in [6, 6.07) is 1.31. The molecule has 11 nitrogen and oxygen atoms in total. The zero-order chi connectivity index (χ0) is 14.0. The summed E-state index contributed by atoms with van der Waals surface area (Å²) in [4.78, 5) is 28.6. The number of nitrogens with one attached hydrogen (secondary N) is 1. The van der Waals surface area contributed by atoms with Crippen molar-refractivity contribution < 1.29 is 9.72 Å². The molecular formula is C8H8N8O3. The van der Waals surface area contributed by atoms with E-state index in [1.54, 1.807) is 0 Å². The number of nitrogen functional groups attached to an aromatic ring is 1. The average molecular weight is 264 g/mol. The molecule has 0 spiro atoms. The number of nitrogens with two attached hydrogens (primary N) is 2. The van der Waals surface area contributed by atoms with E-state index >= 15 is 0 Å². The van der Waals surface area contributed by atoms with E-state index in [1.165, 1.54) is 12.3 Å². The van der Waals surface area contributed by atoms with Gasteiger partial charge in [-0.2, -0.15) is 5.10 Å². The Bertz CT molecular complexity index is 651. The van der Waals surface area contributed by atoms with Gasteiger partial charge in [-0.25, -0.2) is 20.5 Å². The summed E-state index contributed by atoms with van der Waals surface area (Å²) in [6.07, 6.45) is 2.39. The minimum atomic E-state index is -0.757. The molecule has 2 aromatic heterocycles. The van der Waals surface area contributed by atoms with Gasteiger partial charge in [0.1, 0.15) is 12.0 Å². The summed E-state index contributed by atoms with van der Waals surface area (Å²) in [6.45, 7) is 0. The topological polar surface area (TPSA) is 168 Å². The van der Waals surface area contributed by atoms with Gasteiger partial charge in [-0.15, -0.1) is 0 Å². The number of carbonyl (C=O) groups is 1. The van der Waals surface area contributed by atoms with Crippen molar-refractivity contribution >= 4 is 17.4 Å². The van der Waals surface area contributed by atoms with E-state index < -0.39 is 16.5 Å². The lowest BCUT2D eigenvalue weighted by Gasteiger charge is -2.04. The van der Waals surface area contributed by atoms with E-state index in [-0.39, 0.29) is 17.3 Å². The summed E-state index contributed by atoms with van der Waals surface area (Å²) in [7, 11) is 0.